The van der Waals surface area contributed by atoms with Crippen molar-refractivity contribution in [2.75, 3.05) is 45.2 Å². The third kappa shape index (κ3) is 4.97. The zero-order valence-corrected chi connectivity index (χ0v) is 13.5. The van der Waals surface area contributed by atoms with E-state index in [0.717, 1.165) is 49.9 Å². The molecule has 0 amide bonds. The van der Waals surface area contributed by atoms with Gasteiger partial charge in [-0.2, -0.15) is 0 Å². The minimum atomic E-state index is -0.129. The molecule has 0 aliphatic carbocycles. The highest BCUT2D eigenvalue weighted by molar-refractivity contribution is 5.49. The lowest BCUT2D eigenvalue weighted by Gasteiger charge is -2.35. The molecular formula is C17H28FN3. The van der Waals surface area contributed by atoms with Crippen LogP contribution in [0.1, 0.15) is 25.3 Å². The Morgan fingerprint density at radius 2 is 1.95 bits per heavy atom. The predicted octanol–water partition coefficient (Wildman–Crippen LogP) is 2.71. The fraction of sp³-hybridized carbons (Fsp3) is 0.647. The van der Waals surface area contributed by atoms with E-state index < -0.39 is 0 Å². The van der Waals surface area contributed by atoms with E-state index in [2.05, 4.69) is 42.2 Å². The number of anilines is 1. The van der Waals surface area contributed by atoms with Gasteiger partial charge in [0, 0.05) is 31.9 Å². The summed E-state index contributed by atoms with van der Waals surface area (Å²) in [6, 6.07) is 5.42. The number of rotatable bonds is 6. The average molecular weight is 293 g/mol. The number of benzene rings is 1. The van der Waals surface area contributed by atoms with Crippen LogP contribution in [0, 0.1) is 11.7 Å². The fourth-order valence-electron chi connectivity index (χ4n) is 3.08. The van der Waals surface area contributed by atoms with Crippen molar-refractivity contribution in [2.45, 2.75) is 26.3 Å². The van der Waals surface area contributed by atoms with Crippen molar-refractivity contribution in [1.29, 1.82) is 0 Å². The molecule has 4 heteroatoms. The van der Waals surface area contributed by atoms with Crippen molar-refractivity contribution in [1.82, 2.24) is 10.2 Å². The summed E-state index contributed by atoms with van der Waals surface area (Å²) >= 11 is 0. The van der Waals surface area contributed by atoms with Gasteiger partial charge < -0.3 is 15.1 Å². The molecule has 0 aromatic heterocycles. The third-order valence-electron chi connectivity index (χ3n) is 4.12. The molecule has 1 N–H and O–H groups in total. The second kappa shape index (κ2) is 7.76. The van der Waals surface area contributed by atoms with E-state index >= 15 is 0 Å². The van der Waals surface area contributed by atoms with E-state index in [1.807, 2.05) is 0 Å². The number of nitrogens with one attached hydrogen (secondary N) is 1. The molecule has 0 atom stereocenters. The zero-order chi connectivity index (χ0) is 15.2. The highest BCUT2D eigenvalue weighted by atomic mass is 19.1. The van der Waals surface area contributed by atoms with Crippen molar-refractivity contribution in [2.24, 2.45) is 5.92 Å². The zero-order valence-electron chi connectivity index (χ0n) is 13.5. The molecular weight excluding hydrogens is 265 g/mol. The maximum Gasteiger partial charge on any atom is 0.125 e. The Morgan fingerprint density at radius 3 is 2.57 bits per heavy atom. The molecule has 1 fully saturated rings. The normalized spacial score (nSPS) is 16.7. The molecule has 1 aliphatic heterocycles. The fourth-order valence-corrected chi connectivity index (χ4v) is 3.08. The van der Waals surface area contributed by atoms with Crippen molar-refractivity contribution >= 4 is 5.69 Å². The van der Waals surface area contributed by atoms with Crippen molar-refractivity contribution in [3.8, 4) is 0 Å². The van der Waals surface area contributed by atoms with Crippen LogP contribution in [0.4, 0.5) is 10.1 Å². The van der Waals surface area contributed by atoms with E-state index in [-0.39, 0.29) is 5.82 Å². The maximum atomic E-state index is 13.8. The predicted molar refractivity (Wildman–Crippen MR) is 87.3 cm³/mol. The largest absolute Gasteiger partial charge is 0.371 e. The molecule has 1 saturated heterocycles. The minimum Gasteiger partial charge on any atom is -0.371 e. The second-order valence-corrected chi connectivity index (χ2v) is 6.29. The quantitative estimate of drug-likeness (QED) is 0.870. The van der Waals surface area contributed by atoms with Gasteiger partial charge in [-0.05, 0) is 63.2 Å². The van der Waals surface area contributed by atoms with Crippen LogP contribution in [-0.2, 0) is 6.54 Å². The Balaban J connectivity index is 1.97. The third-order valence-corrected chi connectivity index (χ3v) is 4.12. The van der Waals surface area contributed by atoms with Gasteiger partial charge >= 0.3 is 0 Å². The Kier molecular flexibility index (Phi) is 6.00. The molecule has 1 heterocycles. The second-order valence-electron chi connectivity index (χ2n) is 6.29. The van der Waals surface area contributed by atoms with Crippen molar-refractivity contribution in [3.05, 3.63) is 29.6 Å². The first-order chi connectivity index (χ1) is 10.1. The standard InChI is InChI=1S/C17H28FN3/c1-4-19-12-15-9-16(18)11-17(10-15)21-7-5-14(6-8-21)13-20(2)3/h9-11,14,19H,4-8,12-13H2,1-3H3. The van der Waals surface area contributed by atoms with E-state index in [9.17, 15) is 4.39 Å². The van der Waals surface area contributed by atoms with Gasteiger partial charge in [0.25, 0.3) is 0 Å². The van der Waals surface area contributed by atoms with Crippen LogP contribution in [0.2, 0.25) is 0 Å². The van der Waals surface area contributed by atoms with E-state index in [1.165, 1.54) is 12.8 Å². The Bertz CT molecular complexity index is 440. The van der Waals surface area contributed by atoms with Crippen LogP contribution in [0.3, 0.4) is 0 Å². The SMILES string of the molecule is CCNCc1cc(F)cc(N2CCC(CN(C)C)CC2)c1. The summed E-state index contributed by atoms with van der Waals surface area (Å²) < 4.78 is 13.8. The molecule has 0 spiro atoms. The van der Waals surface area contributed by atoms with Crippen molar-refractivity contribution in [3.63, 3.8) is 0 Å². The monoisotopic (exact) mass is 293 g/mol. The molecule has 2 rings (SSSR count). The van der Waals surface area contributed by atoms with Gasteiger partial charge in [0.2, 0.25) is 0 Å². The molecule has 21 heavy (non-hydrogen) atoms. The Morgan fingerprint density at radius 1 is 1.24 bits per heavy atom. The summed E-state index contributed by atoms with van der Waals surface area (Å²) in [5.41, 5.74) is 2.06. The van der Waals surface area contributed by atoms with Crippen LogP contribution in [0.15, 0.2) is 18.2 Å². The van der Waals surface area contributed by atoms with E-state index in [4.69, 9.17) is 0 Å². The number of nitrogens with zero attached hydrogens (tertiary/aromatic N) is 2. The molecule has 0 bridgehead atoms. The molecule has 0 saturated carbocycles. The first kappa shape index (κ1) is 16.2. The highest BCUT2D eigenvalue weighted by Crippen LogP contribution is 2.25. The number of piperidine rings is 1. The Hall–Kier alpha value is -1.13. The maximum absolute atomic E-state index is 13.8. The molecule has 3 nitrogen and oxygen atoms in total. The van der Waals surface area contributed by atoms with Crippen LogP contribution in [0.25, 0.3) is 0 Å². The van der Waals surface area contributed by atoms with E-state index in [0.29, 0.717) is 0 Å². The van der Waals surface area contributed by atoms with Crippen molar-refractivity contribution < 1.29 is 4.39 Å². The van der Waals surface area contributed by atoms with Crippen LogP contribution >= 0.6 is 0 Å². The van der Waals surface area contributed by atoms with Gasteiger partial charge in [-0.1, -0.05) is 6.92 Å². The minimum absolute atomic E-state index is 0.129. The number of hydrogen-bond donors (Lipinski definition) is 1. The number of halogens is 1. The number of hydrogen-bond acceptors (Lipinski definition) is 3. The highest BCUT2D eigenvalue weighted by Gasteiger charge is 2.20. The van der Waals surface area contributed by atoms with Gasteiger partial charge in [0.15, 0.2) is 0 Å². The Labute approximate surface area is 128 Å². The van der Waals surface area contributed by atoms with Gasteiger partial charge in [-0.3, -0.25) is 0 Å². The summed E-state index contributed by atoms with van der Waals surface area (Å²) in [7, 11) is 4.26. The topological polar surface area (TPSA) is 18.5 Å². The van der Waals surface area contributed by atoms with Gasteiger partial charge in [-0.15, -0.1) is 0 Å². The lowest BCUT2D eigenvalue weighted by molar-refractivity contribution is 0.285. The molecule has 118 valence electrons. The first-order valence-electron chi connectivity index (χ1n) is 7.98. The van der Waals surface area contributed by atoms with Crippen LogP contribution in [-0.4, -0.2) is 45.2 Å². The van der Waals surface area contributed by atoms with E-state index in [1.54, 1.807) is 12.1 Å². The summed E-state index contributed by atoms with van der Waals surface area (Å²) in [5.74, 6) is 0.641. The first-order valence-corrected chi connectivity index (χ1v) is 7.98. The summed E-state index contributed by atoms with van der Waals surface area (Å²) in [6.07, 6.45) is 2.38. The van der Waals surface area contributed by atoms with Gasteiger partial charge in [-0.25, -0.2) is 4.39 Å². The summed E-state index contributed by atoms with van der Waals surface area (Å²) in [5, 5.41) is 3.26. The lowest BCUT2D eigenvalue weighted by atomic mass is 9.96. The average Bonchev–Trinajstić information content (AvgIpc) is 2.44. The molecule has 0 radical (unpaired) electrons. The van der Waals surface area contributed by atoms with Gasteiger partial charge in [0.05, 0.1) is 0 Å². The van der Waals surface area contributed by atoms with Crippen LogP contribution < -0.4 is 10.2 Å². The molecule has 1 aromatic carbocycles. The van der Waals surface area contributed by atoms with Crippen LogP contribution in [0.5, 0.6) is 0 Å². The molecule has 1 aromatic rings. The summed E-state index contributed by atoms with van der Waals surface area (Å²) in [4.78, 5) is 4.59. The molecule has 0 unspecified atom stereocenters. The molecule has 1 aliphatic rings. The lowest BCUT2D eigenvalue weighted by Crippen LogP contribution is -2.37. The summed E-state index contributed by atoms with van der Waals surface area (Å²) in [6.45, 7) is 6.92. The smallest absolute Gasteiger partial charge is 0.125 e. The van der Waals surface area contributed by atoms with Gasteiger partial charge in [0.1, 0.15) is 5.82 Å².